The highest BCUT2D eigenvalue weighted by Crippen LogP contribution is 2.30. The van der Waals surface area contributed by atoms with E-state index in [1.165, 1.54) is 4.88 Å². The molecule has 0 amide bonds. The highest BCUT2D eigenvalue weighted by molar-refractivity contribution is 7.09. The van der Waals surface area contributed by atoms with Crippen LogP contribution in [0.3, 0.4) is 0 Å². The van der Waals surface area contributed by atoms with E-state index in [0.29, 0.717) is 0 Å². The highest BCUT2D eigenvalue weighted by atomic mass is 32.1. The first kappa shape index (κ1) is 13.6. The minimum atomic E-state index is 0.719. The molecule has 2 aromatic carbocycles. The number of benzene rings is 2. The van der Waals surface area contributed by atoms with Crippen LogP contribution in [-0.2, 0) is 6.54 Å². The molecule has 4 heteroatoms. The number of nitriles is 1. The van der Waals surface area contributed by atoms with E-state index in [1.807, 2.05) is 42.8 Å². The number of thiazole rings is 1. The molecule has 0 unspecified atom stereocenters. The Bertz CT molecular complexity index is 829. The largest absolute Gasteiger partial charge is 0.369 e. The van der Waals surface area contributed by atoms with E-state index in [9.17, 15) is 5.26 Å². The number of rotatable bonds is 3. The average molecular weight is 293 g/mol. The van der Waals surface area contributed by atoms with Crippen LogP contribution in [0.15, 0.2) is 41.9 Å². The third-order valence-corrected chi connectivity index (χ3v) is 4.58. The number of hydrogen-bond donors (Lipinski definition) is 0. The van der Waals surface area contributed by atoms with Crippen molar-refractivity contribution in [2.24, 2.45) is 0 Å². The second-order valence-electron chi connectivity index (χ2n) is 5.01. The maximum atomic E-state index is 9.24. The van der Waals surface area contributed by atoms with Gasteiger partial charge in [-0.15, -0.1) is 11.3 Å². The lowest BCUT2D eigenvalue weighted by atomic mass is 10.0. The summed E-state index contributed by atoms with van der Waals surface area (Å²) in [5.41, 5.74) is 4.83. The van der Waals surface area contributed by atoms with Crippen LogP contribution in [0.4, 0.5) is 5.69 Å². The quantitative estimate of drug-likeness (QED) is 0.729. The van der Waals surface area contributed by atoms with E-state index in [-0.39, 0.29) is 0 Å². The van der Waals surface area contributed by atoms with Gasteiger partial charge in [-0.25, -0.2) is 4.98 Å². The summed E-state index contributed by atoms with van der Waals surface area (Å²) >= 11 is 1.68. The van der Waals surface area contributed by atoms with Crippen LogP contribution in [0.2, 0.25) is 0 Å². The molecule has 0 aliphatic heterocycles. The highest BCUT2D eigenvalue weighted by Gasteiger charge is 2.11. The number of anilines is 1. The van der Waals surface area contributed by atoms with Gasteiger partial charge >= 0.3 is 0 Å². The van der Waals surface area contributed by atoms with Gasteiger partial charge in [0.2, 0.25) is 0 Å². The first-order chi connectivity index (χ1) is 10.2. The molecule has 3 rings (SSSR count). The van der Waals surface area contributed by atoms with Crippen LogP contribution in [0, 0.1) is 18.3 Å². The summed E-state index contributed by atoms with van der Waals surface area (Å²) in [6.45, 7) is 2.86. The van der Waals surface area contributed by atoms with Gasteiger partial charge in [-0.05, 0) is 19.1 Å². The Labute approximate surface area is 128 Å². The maximum absolute atomic E-state index is 9.24. The lowest BCUT2D eigenvalue weighted by Crippen LogP contribution is -2.16. The van der Waals surface area contributed by atoms with Crippen molar-refractivity contribution >= 4 is 27.8 Å². The van der Waals surface area contributed by atoms with Crippen molar-refractivity contribution < 1.29 is 0 Å². The number of fused-ring (bicyclic) bond motifs is 1. The van der Waals surface area contributed by atoms with Crippen molar-refractivity contribution in [1.82, 2.24) is 4.98 Å². The molecule has 21 heavy (non-hydrogen) atoms. The fraction of sp³-hybridized carbons (Fsp3) is 0.176. The summed E-state index contributed by atoms with van der Waals surface area (Å²) in [6.07, 6.45) is 0. The summed E-state index contributed by atoms with van der Waals surface area (Å²) in [5, 5.41) is 11.4. The third kappa shape index (κ3) is 2.48. The Morgan fingerprint density at radius 1 is 1.19 bits per heavy atom. The minimum absolute atomic E-state index is 0.719. The molecule has 0 fully saturated rings. The predicted octanol–water partition coefficient (Wildman–Crippen LogP) is 4.11. The van der Waals surface area contributed by atoms with Crippen LogP contribution in [0.25, 0.3) is 10.8 Å². The summed E-state index contributed by atoms with van der Waals surface area (Å²) in [5.74, 6) is 0. The molecule has 0 aliphatic carbocycles. The van der Waals surface area contributed by atoms with Crippen molar-refractivity contribution in [3.05, 3.63) is 58.0 Å². The van der Waals surface area contributed by atoms with Gasteiger partial charge in [0.15, 0.2) is 0 Å². The maximum Gasteiger partial charge on any atom is 0.0998 e. The monoisotopic (exact) mass is 293 g/mol. The van der Waals surface area contributed by atoms with E-state index < -0.39 is 0 Å². The molecule has 0 N–H and O–H groups in total. The lowest BCUT2D eigenvalue weighted by Gasteiger charge is -2.21. The van der Waals surface area contributed by atoms with Crippen LogP contribution in [0.1, 0.15) is 16.1 Å². The minimum Gasteiger partial charge on any atom is -0.369 e. The van der Waals surface area contributed by atoms with E-state index >= 15 is 0 Å². The second-order valence-corrected chi connectivity index (χ2v) is 5.95. The molecule has 0 saturated carbocycles. The standard InChI is InChI=1S/C17H15N3S/c1-12-17(21-11-19-12)10-20(2)16-8-7-13(9-18)14-5-3-4-6-15(14)16/h3-8,11H,10H2,1-2H3. The average Bonchev–Trinajstić information content (AvgIpc) is 2.91. The Morgan fingerprint density at radius 2 is 1.95 bits per heavy atom. The Kier molecular flexibility index (Phi) is 3.59. The van der Waals surface area contributed by atoms with Crippen molar-refractivity contribution in [2.75, 3.05) is 11.9 Å². The van der Waals surface area contributed by atoms with Crippen molar-refractivity contribution in [3.63, 3.8) is 0 Å². The summed E-state index contributed by atoms with van der Waals surface area (Å²) in [4.78, 5) is 7.78. The zero-order chi connectivity index (χ0) is 14.8. The van der Waals surface area contributed by atoms with Gasteiger partial charge in [-0.1, -0.05) is 24.3 Å². The Hall–Kier alpha value is -2.38. The SMILES string of the molecule is Cc1ncsc1CN(C)c1ccc(C#N)c2ccccc12. The zero-order valence-electron chi connectivity index (χ0n) is 12.0. The molecule has 3 aromatic rings. The summed E-state index contributed by atoms with van der Waals surface area (Å²) < 4.78 is 0. The number of aryl methyl sites for hydroxylation is 1. The van der Waals surface area contributed by atoms with Crippen molar-refractivity contribution in [2.45, 2.75) is 13.5 Å². The zero-order valence-corrected chi connectivity index (χ0v) is 12.8. The molecule has 0 bridgehead atoms. The Balaban J connectivity index is 2.05. The van der Waals surface area contributed by atoms with Crippen LogP contribution >= 0.6 is 11.3 Å². The van der Waals surface area contributed by atoms with Gasteiger partial charge in [-0.2, -0.15) is 5.26 Å². The first-order valence-electron chi connectivity index (χ1n) is 6.72. The van der Waals surface area contributed by atoms with E-state index in [1.54, 1.807) is 11.3 Å². The molecule has 0 spiro atoms. The first-order valence-corrected chi connectivity index (χ1v) is 7.60. The molecule has 0 radical (unpaired) electrons. The molecule has 0 saturated heterocycles. The third-order valence-electron chi connectivity index (χ3n) is 3.66. The number of aromatic nitrogens is 1. The van der Waals surface area contributed by atoms with Crippen LogP contribution in [-0.4, -0.2) is 12.0 Å². The number of hydrogen-bond acceptors (Lipinski definition) is 4. The van der Waals surface area contributed by atoms with E-state index in [0.717, 1.165) is 34.3 Å². The van der Waals surface area contributed by atoms with Crippen LogP contribution in [0.5, 0.6) is 0 Å². The molecular formula is C17H15N3S. The molecule has 1 aromatic heterocycles. The normalized spacial score (nSPS) is 10.5. The van der Waals surface area contributed by atoms with Gasteiger partial charge in [0, 0.05) is 28.4 Å². The fourth-order valence-corrected chi connectivity index (χ4v) is 3.32. The topological polar surface area (TPSA) is 39.9 Å². The molecule has 0 atom stereocenters. The van der Waals surface area contributed by atoms with Crippen molar-refractivity contribution in [1.29, 1.82) is 5.26 Å². The van der Waals surface area contributed by atoms with E-state index in [4.69, 9.17) is 0 Å². The van der Waals surface area contributed by atoms with Gasteiger partial charge in [0.25, 0.3) is 0 Å². The lowest BCUT2D eigenvalue weighted by molar-refractivity contribution is 0.931. The van der Waals surface area contributed by atoms with Crippen molar-refractivity contribution in [3.8, 4) is 6.07 Å². The number of nitrogens with zero attached hydrogens (tertiary/aromatic N) is 3. The predicted molar refractivity (Wildman–Crippen MR) is 87.6 cm³/mol. The van der Waals surface area contributed by atoms with Gasteiger partial charge in [0.05, 0.1) is 29.4 Å². The van der Waals surface area contributed by atoms with Gasteiger partial charge < -0.3 is 4.90 Å². The molecule has 3 nitrogen and oxygen atoms in total. The fourth-order valence-electron chi connectivity index (χ4n) is 2.49. The van der Waals surface area contributed by atoms with Gasteiger partial charge in [0.1, 0.15) is 0 Å². The van der Waals surface area contributed by atoms with Gasteiger partial charge in [-0.3, -0.25) is 0 Å². The summed E-state index contributed by atoms with van der Waals surface area (Å²) in [6, 6.07) is 14.2. The Morgan fingerprint density at radius 3 is 2.62 bits per heavy atom. The summed E-state index contributed by atoms with van der Waals surface area (Å²) in [7, 11) is 2.08. The second kappa shape index (κ2) is 5.55. The smallest absolute Gasteiger partial charge is 0.0998 e. The molecule has 104 valence electrons. The van der Waals surface area contributed by atoms with E-state index in [2.05, 4.69) is 29.1 Å². The molecule has 0 aliphatic rings. The molecule has 1 heterocycles. The van der Waals surface area contributed by atoms with Crippen LogP contribution < -0.4 is 4.90 Å². The molecular weight excluding hydrogens is 278 g/mol.